The Morgan fingerprint density at radius 2 is 1.57 bits per heavy atom. The van der Waals surface area contributed by atoms with E-state index < -0.39 is 42.2 Å². The molecular weight excluding hydrogens is 339 g/mol. The molecule has 0 saturated heterocycles. The van der Waals surface area contributed by atoms with Gasteiger partial charge in [-0.3, -0.25) is 9.78 Å². The highest BCUT2D eigenvalue weighted by atomic mass is 19.4. The van der Waals surface area contributed by atoms with Crippen LogP contribution in [0.25, 0.3) is 0 Å². The number of hydrogen-bond acceptors (Lipinski definition) is 3. The van der Waals surface area contributed by atoms with Crippen LogP contribution in [-0.2, 0) is 0 Å². The second kappa shape index (κ2) is 6.67. The zero-order chi connectivity index (χ0) is 17.9. The number of aromatic nitrogens is 1. The number of ether oxygens (including phenoxy) is 1. The van der Waals surface area contributed by atoms with Crippen LogP contribution in [0.3, 0.4) is 0 Å². The lowest BCUT2D eigenvalue weighted by atomic mass is 9.97. The van der Waals surface area contributed by atoms with Gasteiger partial charge in [0.2, 0.25) is 0 Å². The molecule has 4 nitrogen and oxygen atoms in total. The largest absolute Gasteiger partial charge is 0.508 e. The smallest absolute Gasteiger partial charge is 0.431 e. The maximum atomic E-state index is 13.3. The molecule has 23 heavy (non-hydrogen) atoms. The van der Waals surface area contributed by atoms with Gasteiger partial charge < -0.3 is 9.84 Å². The fourth-order valence-corrected chi connectivity index (χ4v) is 1.68. The van der Waals surface area contributed by atoms with Crippen molar-refractivity contribution in [1.29, 1.82) is 0 Å². The lowest BCUT2D eigenvalue weighted by Crippen LogP contribution is -2.53. The average molecular weight is 351 g/mol. The molecule has 1 heterocycles. The van der Waals surface area contributed by atoms with Gasteiger partial charge in [0.15, 0.2) is 5.88 Å². The molecule has 0 aromatic carbocycles. The fourth-order valence-electron chi connectivity index (χ4n) is 1.68. The number of pyridine rings is 1. The molecule has 1 aromatic heterocycles. The molecule has 0 bridgehead atoms. The molecule has 0 atom stereocenters. The molecule has 0 saturated carbocycles. The van der Waals surface area contributed by atoms with E-state index in [1.165, 1.54) is 0 Å². The lowest BCUT2D eigenvalue weighted by Gasteiger charge is -2.29. The Labute approximate surface area is 124 Å². The van der Waals surface area contributed by atoms with Crippen LogP contribution < -0.4 is 10.3 Å². The first kappa shape index (κ1) is 19.1. The summed E-state index contributed by atoms with van der Waals surface area (Å²) in [6, 6.07) is 1.82. The van der Waals surface area contributed by atoms with Crippen LogP contribution in [0.15, 0.2) is 16.9 Å². The minimum atomic E-state index is -6.07. The van der Waals surface area contributed by atoms with E-state index in [4.69, 9.17) is 9.84 Å². The standard InChI is InChI=1S/C12H12F7NO3/c13-10(11(14,15)16,12(17,18)19)3-1-2-4-23-9-6-7(21)5-8(22)20-9/h5-6H,1-4H2,(H2,20,21,22). The van der Waals surface area contributed by atoms with Gasteiger partial charge >= 0.3 is 12.4 Å². The normalized spacial score (nSPS) is 13.2. The van der Waals surface area contributed by atoms with Crippen LogP contribution in [0.2, 0.25) is 0 Å². The van der Waals surface area contributed by atoms with Crippen LogP contribution >= 0.6 is 0 Å². The van der Waals surface area contributed by atoms with E-state index in [1.54, 1.807) is 0 Å². The molecule has 0 unspecified atom stereocenters. The van der Waals surface area contributed by atoms with E-state index in [2.05, 4.69) is 4.98 Å². The molecule has 0 fully saturated rings. The van der Waals surface area contributed by atoms with Crippen LogP contribution in [0.5, 0.6) is 11.6 Å². The Hall–Kier alpha value is -1.94. The zero-order valence-corrected chi connectivity index (χ0v) is 11.4. The van der Waals surface area contributed by atoms with Crippen LogP contribution in [0, 0.1) is 0 Å². The fraction of sp³-hybridized carbons (Fsp3) is 0.583. The van der Waals surface area contributed by atoms with E-state index in [0.717, 1.165) is 12.1 Å². The summed E-state index contributed by atoms with van der Waals surface area (Å²) in [5.41, 5.74) is -5.99. The minimum absolute atomic E-state index is 0.215. The lowest BCUT2D eigenvalue weighted by molar-refractivity contribution is -0.343. The van der Waals surface area contributed by atoms with Gasteiger partial charge in [0.1, 0.15) is 5.75 Å². The molecule has 0 aliphatic rings. The molecular formula is C12H12F7NO3. The summed E-state index contributed by atoms with van der Waals surface area (Å²) in [7, 11) is 0. The number of unbranched alkanes of at least 4 members (excludes halogenated alkanes) is 1. The summed E-state index contributed by atoms with van der Waals surface area (Å²) in [4.78, 5) is 13.1. The molecule has 0 amide bonds. The predicted molar refractivity (Wildman–Crippen MR) is 64.0 cm³/mol. The van der Waals surface area contributed by atoms with Crippen molar-refractivity contribution in [2.24, 2.45) is 0 Å². The quantitative estimate of drug-likeness (QED) is 0.609. The van der Waals surface area contributed by atoms with E-state index >= 15 is 0 Å². The van der Waals surface area contributed by atoms with Gasteiger partial charge in [-0.05, 0) is 19.3 Å². The highest BCUT2D eigenvalue weighted by molar-refractivity contribution is 5.24. The molecule has 0 aliphatic carbocycles. The Bertz CT molecular complexity index is 565. The SMILES string of the molecule is O=c1cc(O)cc(OCCCCC(F)(C(F)(F)F)C(F)(F)F)[nH]1. The third kappa shape index (κ3) is 4.76. The van der Waals surface area contributed by atoms with Crippen molar-refractivity contribution in [3.8, 4) is 11.6 Å². The summed E-state index contributed by atoms with van der Waals surface area (Å²) >= 11 is 0. The number of rotatable bonds is 6. The maximum Gasteiger partial charge on any atom is 0.431 e. The van der Waals surface area contributed by atoms with Gasteiger partial charge in [-0.25, -0.2) is 4.39 Å². The van der Waals surface area contributed by atoms with E-state index in [1.807, 2.05) is 0 Å². The Balaban J connectivity index is 2.54. The number of H-pyrrole nitrogens is 1. The van der Waals surface area contributed by atoms with Crippen molar-refractivity contribution in [3.05, 3.63) is 22.5 Å². The summed E-state index contributed by atoms with van der Waals surface area (Å²) < 4.78 is 91.8. The highest BCUT2D eigenvalue weighted by Crippen LogP contribution is 2.49. The second-order valence-corrected chi connectivity index (χ2v) is 4.67. The molecule has 1 rings (SSSR count). The Morgan fingerprint density at radius 3 is 2.04 bits per heavy atom. The maximum absolute atomic E-state index is 13.3. The highest BCUT2D eigenvalue weighted by Gasteiger charge is 2.71. The van der Waals surface area contributed by atoms with Crippen molar-refractivity contribution < 1.29 is 40.6 Å². The first-order valence-corrected chi connectivity index (χ1v) is 6.25. The van der Waals surface area contributed by atoms with Gasteiger partial charge in [-0.2, -0.15) is 26.3 Å². The van der Waals surface area contributed by atoms with Gasteiger partial charge in [-0.1, -0.05) is 0 Å². The number of alkyl halides is 7. The number of hydrogen-bond donors (Lipinski definition) is 2. The van der Waals surface area contributed by atoms with Crippen LogP contribution in [0.1, 0.15) is 19.3 Å². The van der Waals surface area contributed by atoms with Crippen molar-refractivity contribution in [2.75, 3.05) is 6.61 Å². The molecule has 2 N–H and O–H groups in total. The van der Waals surface area contributed by atoms with Gasteiger partial charge in [0, 0.05) is 12.1 Å². The summed E-state index contributed by atoms with van der Waals surface area (Å²) in [6.07, 6.45) is -15.0. The molecule has 132 valence electrons. The molecule has 0 aliphatic heterocycles. The third-order valence-electron chi connectivity index (χ3n) is 2.88. The van der Waals surface area contributed by atoms with Crippen molar-refractivity contribution in [2.45, 2.75) is 37.3 Å². The molecule has 0 spiro atoms. The summed E-state index contributed by atoms with van der Waals surface area (Å²) in [5, 5.41) is 9.08. The Morgan fingerprint density at radius 1 is 1.00 bits per heavy atom. The summed E-state index contributed by atoms with van der Waals surface area (Å²) in [6.45, 7) is -0.370. The molecule has 1 aromatic rings. The first-order valence-electron chi connectivity index (χ1n) is 6.25. The number of halogens is 7. The molecule has 11 heteroatoms. The van der Waals surface area contributed by atoms with Crippen LogP contribution in [-0.4, -0.2) is 34.7 Å². The topological polar surface area (TPSA) is 62.3 Å². The van der Waals surface area contributed by atoms with Gasteiger partial charge in [0.05, 0.1) is 6.61 Å². The number of aromatic amines is 1. The Kier molecular flexibility index (Phi) is 5.54. The number of nitrogens with one attached hydrogen (secondary N) is 1. The predicted octanol–water partition coefficient (Wildman–Crippen LogP) is 3.46. The van der Waals surface area contributed by atoms with E-state index in [0.29, 0.717) is 0 Å². The van der Waals surface area contributed by atoms with Gasteiger partial charge in [-0.15, -0.1) is 0 Å². The number of aromatic hydroxyl groups is 1. The second-order valence-electron chi connectivity index (χ2n) is 4.67. The zero-order valence-electron chi connectivity index (χ0n) is 11.4. The summed E-state index contributed by atoms with van der Waals surface area (Å²) in [5.74, 6) is -0.645. The third-order valence-corrected chi connectivity index (χ3v) is 2.88. The molecule has 0 radical (unpaired) electrons. The van der Waals surface area contributed by atoms with Crippen molar-refractivity contribution >= 4 is 0 Å². The van der Waals surface area contributed by atoms with E-state index in [9.17, 15) is 35.5 Å². The van der Waals surface area contributed by atoms with Crippen molar-refractivity contribution in [3.63, 3.8) is 0 Å². The van der Waals surface area contributed by atoms with Crippen LogP contribution in [0.4, 0.5) is 30.7 Å². The first-order chi connectivity index (χ1) is 10.4. The van der Waals surface area contributed by atoms with E-state index in [-0.39, 0.29) is 18.9 Å². The minimum Gasteiger partial charge on any atom is -0.508 e. The van der Waals surface area contributed by atoms with Gasteiger partial charge in [0.25, 0.3) is 11.2 Å². The van der Waals surface area contributed by atoms with Crippen molar-refractivity contribution in [1.82, 2.24) is 4.98 Å². The average Bonchev–Trinajstić information content (AvgIpc) is 2.34. The monoisotopic (exact) mass is 351 g/mol.